The molecule has 3 aromatic heterocycles. The molecule has 46 heavy (non-hydrogen) atoms. The summed E-state index contributed by atoms with van der Waals surface area (Å²) in [5.41, 5.74) is 12.8. The second-order valence-electron chi connectivity index (χ2n) is 14.1. The van der Waals surface area contributed by atoms with Gasteiger partial charge >= 0.3 is 0 Å². The van der Waals surface area contributed by atoms with Crippen molar-refractivity contribution in [2.45, 2.75) is 57.8 Å². The van der Waals surface area contributed by atoms with E-state index in [1.807, 2.05) is 64.5 Å². The number of imidazole rings is 1. The summed E-state index contributed by atoms with van der Waals surface area (Å²) in [4.78, 5) is 41.0. The number of aryl methyl sites for hydroxylation is 1. The van der Waals surface area contributed by atoms with Crippen molar-refractivity contribution >= 4 is 33.9 Å². The summed E-state index contributed by atoms with van der Waals surface area (Å²) in [5, 5.41) is 1.10. The second kappa shape index (κ2) is 10.5. The Bertz CT molecular complexity index is 2000. The zero-order valence-electron chi connectivity index (χ0n) is 26.2. The monoisotopic (exact) mass is 613 g/mol. The predicted octanol–water partition coefficient (Wildman–Crippen LogP) is 5.11. The molecule has 9 heteroatoms. The van der Waals surface area contributed by atoms with E-state index in [0.29, 0.717) is 36.4 Å². The third-order valence-corrected chi connectivity index (χ3v) is 10.9. The number of aromatic nitrogens is 4. The fourth-order valence-electron chi connectivity index (χ4n) is 8.31. The number of hydrogen-bond acceptors (Lipinski definition) is 5. The SMILES string of the molecule is Cc1cc(C(=O)N2CC3CCC2[C@@H]3N)cc2nc(-c3cc4cccnc4n3CC3CC3)n(CC3CN(C(=O)c4ccccc4)C3)c12. The zero-order valence-corrected chi connectivity index (χ0v) is 26.2. The molecule has 5 heterocycles. The highest BCUT2D eigenvalue weighted by molar-refractivity contribution is 5.99. The van der Waals surface area contributed by atoms with Gasteiger partial charge in [0.05, 0.1) is 16.7 Å². The van der Waals surface area contributed by atoms with Gasteiger partial charge in [-0.3, -0.25) is 9.59 Å². The van der Waals surface area contributed by atoms with Gasteiger partial charge < -0.3 is 24.7 Å². The Kier molecular flexibility index (Phi) is 6.35. The van der Waals surface area contributed by atoms with Crippen molar-refractivity contribution in [3.05, 3.63) is 83.6 Å². The molecule has 2 saturated carbocycles. The number of hydrogen-bond donors (Lipinski definition) is 1. The smallest absolute Gasteiger partial charge is 0.254 e. The van der Waals surface area contributed by atoms with E-state index in [1.165, 1.54) is 12.8 Å². The van der Waals surface area contributed by atoms with E-state index in [4.69, 9.17) is 15.7 Å². The van der Waals surface area contributed by atoms with Crippen LogP contribution in [0.4, 0.5) is 0 Å². The molecular formula is C37H39N7O2. The highest BCUT2D eigenvalue weighted by atomic mass is 16.2. The minimum Gasteiger partial charge on any atom is -0.338 e. The van der Waals surface area contributed by atoms with Crippen LogP contribution in [0.15, 0.2) is 66.9 Å². The molecule has 2 bridgehead atoms. The van der Waals surface area contributed by atoms with Gasteiger partial charge in [-0.2, -0.15) is 0 Å². The van der Waals surface area contributed by atoms with Crippen LogP contribution in [0.1, 0.15) is 52.0 Å². The van der Waals surface area contributed by atoms with Crippen molar-refractivity contribution in [3.63, 3.8) is 0 Å². The van der Waals surface area contributed by atoms with Crippen LogP contribution in [0.3, 0.4) is 0 Å². The number of rotatable bonds is 7. The van der Waals surface area contributed by atoms with Crippen LogP contribution in [-0.2, 0) is 13.1 Å². The predicted molar refractivity (Wildman–Crippen MR) is 177 cm³/mol. The van der Waals surface area contributed by atoms with Gasteiger partial charge in [0.15, 0.2) is 5.82 Å². The van der Waals surface area contributed by atoms with Crippen LogP contribution in [0, 0.1) is 24.7 Å². The van der Waals surface area contributed by atoms with Crippen molar-refractivity contribution in [1.29, 1.82) is 0 Å². The molecule has 4 fully saturated rings. The van der Waals surface area contributed by atoms with E-state index in [-0.39, 0.29) is 23.9 Å². The molecule has 2 aromatic carbocycles. The summed E-state index contributed by atoms with van der Waals surface area (Å²) in [6, 6.07) is 20.1. The third-order valence-electron chi connectivity index (χ3n) is 10.9. The van der Waals surface area contributed by atoms with Crippen molar-refractivity contribution in [1.82, 2.24) is 28.9 Å². The number of carbonyl (C=O) groups is 2. The van der Waals surface area contributed by atoms with E-state index < -0.39 is 0 Å². The van der Waals surface area contributed by atoms with Gasteiger partial charge in [0.1, 0.15) is 5.65 Å². The molecule has 2 saturated heterocycles. The number of carbonyl (C=O) groups excluding carboxylic acids is 2. The number of likely N-dealkylation sites (tertiary alicyclic amines) is 2. The molecule has 9 nitrogen and oxygen atoms in total. The molecule has 9 rings (SSSR count). The van der Waals surface area contributed by atoms with Gasteiger partial charge in [-0.15, -0.1) is 0 Å². The van der Waals surface area contributed by atoms with E-state index in [0.717, 1.165) is 77.2 Å². The molecule has 0 radical (unpaired) electrons. The fourth-order valence-corrected chi connectivity index (χ4v) is 8.31. The summed E-state index contributed by atoms with van der Waals surface area (Å²) in [7, 11) is 0. The Morgan fingerprint density at radius 2 is 1.65 bits per heavy atom. The minimum absolute atomic E-state index is 0.0601. The number of nitrogens with two attached hydrogens (primary N) is 1. The van der Waals surface area contributed by atoms with Crippen LogP contribution in [0.5, 0.6) is 0 Å². The van der Waals surface area contributed by atoms with Gasteiger partial charge in [0.2, 0.25) is 0 Å². The number of nitrogens with zero attached hydrogens (tertiary/aromatic N) is 6. The summed E-state index contributed by atoms with van der Waals surface area (Å²) < 4.78 is 4.69. The molecular weight excluding hydrogens is 574 g/mol. The van der Waals surface area contributed by atoms with Crippen LogP contribution in [0.25, 0.3) is 33.6 Å². The first-order valence-corrected chi connectivity index (χ1v) is 16.8. The van der Waals surface area contributed by atoms with Gasteiger partial charge in [-0.1, -0.05) is 18.2 Å². The second-order valence-corrected chi connectivity index (χ2v) is 14.1. The molecule has 234 valence electrons. The number of benzene rings is 2. The van der Waals surface area contributed by atoms with E-state index in [2.05, 4.69) is 28.2 Å². The molecule has 2 N–H and O–H groups in total. The average molecular weight is 614 g/mol. The molecule has 2 amide bonds. The standard InChI is InChI=1S/C37H39N7O2/c1-22-14-28(37(46)43-21-27-11-12-30(43)32(27)38)15-29-33(22)44(20-24-17-41(18-24)36(45)25-6-3-2-4-7-25)35(40-29)31-16-26-8-5-13-39-34(26)42(31)19-23-9-10-23/h2-8,13-16,23-24,27,30,32H,9-12,17-21,38H2,1H3/t27?,30?,32-/m1/s1. The summed E-state index contributed by atoms with van der Waals surface area (Å²) in [6.45, 7) is 5.90. The van der Waals surface area contributed by atoms with Crippen molar-refractivity contribution in [2.24, 2.45) is 23.5 Å². The molecule has 5 aromatic rings. The Morgan fingerprint density at radius 1 is 0.848 bits per heavy atom. The maximum Gasteiger partial charge on any atom is 0.254 e. The number of fused-ring (bicyclic) bond motifs is 4. The Balaban J connectivity index is 1.11. The Morgan fingerprint density at radius 3 is 2.39 bits per heavy atom. The van der Waals surface area contributed by atoms with E-state index in [1.54, 1.807) is 0 Å². The lowest BCUT2D eigenvalue weighted by molar-refractivity contribution is 0.0471. The molecule has 3 atom stereocenters. The van der Waals surface area contributed by atoms with E-state index >= 15 is 0 Å². The molecule has 2 unspecified atom stereocenters. The first-order chi connectivity index (χ1) is 22.4. The Hall–Kier alpha value is -4.50. The lowest BCUT2D eigenvalue weighted by Crippen LogP contribution is -2.51. The van der Waals surface area contributed by atoms with E-state index in [9.17, 15) is 9.59 Å². The average Bonchev–Trinajstić information content (AvgIpc) is 3.40. The lowest BCUT2D eigenvalue weighted by atomic mass is 9.98. The van der Waals surface area contributed by atoms with Crippen molar-refractivity contribution in [2.75, 3.05) is 19.6 Å². The fraction of sp³-hybridized carbons (Fsp3) is 0.405. The third kappa shape index (κ3) is 4.47. The summed E-state index contributed by atoms with van der Waals surface area (Å²) in [5.74, 6) is 2.40. The van der Waals surface area contributed by atoms with Crippen molar-refractivity contribution < 1.29 is 9.59 Å². The zero-order chi connectivity index (χ0) is 31.1. The van der Waals surface area contributed by atoms with Crippen LogP contribution in [-0.4, -0.2) is 72.4 Å². The minimum atomic E-state index is 0.0601. The summed E-state index contributed by atoms with van der Waals surface area (Å²) in [6.07, 6.45) is 6.44. The molecule has 4 aliphatic rings. The topological polar surface area (TPSA) is 102 Å². The highest BCUT2D eigenvalue weighted by Gasteiger charge is 2.47. The van der Waals surface area contributed by atoms with Gasteiger partial charge in [0.25, 0.3) is 11.8 Å². The quantitative estimate of drug-likeness (QED) is 0.275. The summed E-state index contributed by atoms with van der Waals surface area (Å²) >= 11 is 0. The number of pyridine rings is 1. The first kappa shape index (κ1) is 27.8. The van der Waals surface area contributed by atoms with Crippen LogP contribution in [0.2, 0.25) is 0 Å². The largest absolute Gasteiger partial charge is 0.338 e. The molecule has 0 spiro atoms. The van der Waals surface area contributed by atoms with Gasteiger partial charge in [0, 0.05) is 73.4 Å². The lowest BCUT2D eigenvalue weighted by Gasteiger charge is -2.40. The maximum absolute atomic E-state index is 13.9. The Labute approximate surface area is 268 Å². The van der Waals surface area contributed by atoms with Crippen LogP contribution < -0.4 is 5.73 Å². The number of amides is 2. The normalized spacial score (nSPS) is 22.7. The molecule has 2 aliphatic heterocycles. The maximum atomic E-state index is 13.9. The van der Waals surface area contributed by atoms with Crippen molar-refractivity contribution in [3.8, 4) is 11.5 Å². The first-order valence-electron chi connectivity index (χ1n) is 16.8. The highest BCUT2D eigenvalue weighted by Crippen LogP contribution is 2.40. The number of piperidine rings is 1. The molecule has 2 aliphatic carbocycles. The van der Waals surface area contributed by atoms with Crippen LogP contribution >= 0.6 is 0 Å². The van der Waals surface area contributed by atoms with Gasteiger partial charge in [-0.25, -0.2) is 9.97 Å². The van der Waals surface area contributed by atoms with Gasteiger partial charge in [-0.05, 0) is 92.5 Å².